The number of benzene rings is 1. The molecule has 6 heteroatoms. The molecule has 0 amide bonds. The normalized spacial score (nSPS) is 10.1. The van der Waals surface area contributed by atoms with Gasteiger partial charge in [-0.05, 0) is 26.0 Å². The fourth-order valence-electron chi connectivity index (χ4n) is 2.21. The fraction of sp³-hybridized carbons (Fsp3) is 0.214. The maximum Gasteiger partial charge on any atom is 0.273 e. The Kier molecular flexibility index (Phi) is 3.44. The fourth-order valence-corrected chi connectivity index (χ4v) is 2.21. The number of aryl methyl sites for hydroxylation is 1. The summed E-state index contributed by atoms with van der Waals surface area (Å²) < 4.78 is 7.08. The van der Waals surface area contributed by atoms with Crippen LogP contribution in [0.5, 0.6) is 5.75 Å². The van der Waals surface area contributed by atoms with Crippen molar-refractivity contribution in [3.05, 3.63) is 51.3 Å². The van der Waals surface area contributed by atoms with Crippen molar-refractivity contribution >= 4 is 5.69 Å². The molecule has 1 heterocycles. The van der Waals surface area contributed by atoms with Gasteiger partial charge in [0.1, 0.15) is 11.8 Å². The topological polar surface area (TPSA) is 81.1 Å². The number of aromatic nitrogens is 1. The van der Waals surface area contributed by atoms with Gasteiger partial charge in [-0.25, -0.2) is 0 Å². The predicted molar refractivity (Wildman–Crippen MR) is 73.2 cm³/mol. The zero-order valence-corrected chi connectivity index (χ0v) is 11.4. The summed E-state index contributed by atoms with van der Waals surface area (Å²) in [4.78, 5) is 10.3. The van der Waals surface area contributed by atoms with Crippen LogP contribution in [0.3, 0.4) is 0 Å². The van der Waals surface area contributed by atoms with Gasteiger partial charge >= 0.3 is 0 Å². The summed E-state index contributed by atoms with van der Waals surface area (Å²) in [6.45, 7) is 3.70. The highest BCUT2D eigenvalue weighted by molar-refractivity contribution is 5.56. The number of rotatable bonds is 3. The van der Waals surface area contributed by atoms with Gasteiger partial charge in [-0.1, -0.05) is 0 Å². The van der Waals surface area contributed by atoms with E-state index in [0.29, 0.717) is 17.0 Å². The lowest BCUT2D eigenvalue weighted by molar-refractivity contribution is -0.384. The first-order valence-electron chi connectivity index (χ1n) is 5.91. The number of nitrogens with zero attached hydrogens (tertiary/aromatic N) is 3. The van der Waals surface area contributed by atoms with Crippen LogP contribution in [0.1, 0.15) is 17.0 Å². The van der Waals surface area contributed by atoms with E-state index in [4.69, 9.17) is 10.00 Å². The Labute approximate surface area is 116 Å². The number of methoxy groups -OCH3 is 1. The number of hydrogen-bond donors (Lipinski definition) is 0. The lowest BCUT2D eigenvalue weighted by Gasteiger charge is -2.13. The van der Waals surface area contributed by atoms with Crippen LogP contribution in [0.2, 0.25) is 0 Å². The largest absolute Gasteiger partial charge is 0.494 e. The van der Waals surface area contributed by atoms with E-state index in [1.54, 1.807) is 12.1 Å². The summed E-state index contributed by atoms with van der Waals surface area (Å²) in [5, 5.41) is 19.9. The lowest BCUT2D eigenvalue weighted by Crippen LogP contribution is -2.03. The molecule has 0 aliphatic rings. The van der Waals surface area contributed by atoms with Crippen molar-refractivity contribution < 1.29 is 9.66 Å². The third-order valence-corrected chi connectivity index (χ3v) is 3.17. The van der Waals surface area contributed by atoms with Crippen molar-refractivity contribution in [3.63, 3.8) is 0 Å². The molecule has 2 rings (SSSR count). The molecule has 1 aromatic carbocycles. The molecule has 0 saturated heterocycles. The molecule has 0 atom stereocenters. The highest BCUT2D eigenvalue weighted by atomic mass is 16.6. The summed E-state index contributed by atoms with van der Waals surface area (Å²) in [6.07, 6.45) is 0. The van der Waals surface area contributed by atoms with Crippen LogP contribution in [0.25, 0.3) is 5.69 Å². The van der Waals surface area contributed by atoms with Crippen molar-refractivity contribution in [3.8, 4) is 17.5 Å². The van der Waals surface area contributed by atoms with Gasteiger partial charge in [-0.2, -0.15) is 5.26 Å². The number of nitro groups is 1. The van der Waals surface area contributed by atoms with E-state index in [1.807, 2.05) is 18.4 Å². The van der Waals surface area contributed by atoms with Crippen LogP contribution >= 0.6 is 0 Å². The number of ether oxygens (including phenoxy) is 1. The van der Waals surface area contributed by atoms with E-state index in [9.17, 15) is 10.1 Å². The van der Waals surface area contributed by atoms with Gasteiger partial charge in [0.25, 0.3) is 5.69 Å². The molecule has 0 unspecified atom stereocenters. The van der Waals surface area contributed by atoms with Crippen molar-refractivity contribution in [2.75, 3.05) is 7.11 Å². The van der Waals surface area contributed by atoms with Crippen LogP contribution in [-0.2, 0) is 0 Å². The molecule has 0 N–H and O–H groups in total. The molecule has 0 saturated carbocycles. The molecule has 0 aliphatic heterocycles. The highest BCUT2D eigenvalue weighted by Gasteiger charge is 2.17. The second-order valence-electron chi connectivity index (χ2n) is 4.35. The molecular weight excluding hydrogens is 258 g/mol. The Morgan fingerprint density at radius 2 is 2.05 bits per heavy atom. The van der Waals surface area contributed by atoms with Crippen molar-refractivity contribution in [1.82, 2.24) is 4.57 Å². The highest BCUT2D eigenvalue weighted by Crippen LogP contribution is 2.31. The zero-order chi connectivity index (χ0) is 14.9. The lowest BCUT2D eigenvalue weighted by atomic mass is 10.2. The quantitative estimate of drug-likeness (QED) is 0.635. The average Bonchev–Trinajstić information content (AvgIpc) is 2.72. The second-order valence-corrected chi connectivity index (χ2v) is 4.35. The summed E-state index contributed by atoms with van der Waals surface area (Å²) >= 11 is 0. The van der Waals surface area contributed by atoms with Crippen LogP contribution in [-0.4, -0.2) is 16.6 Å². The molecule has 1 aromatic heterocycles. The minimum absolute atomic E-state index is 0.0337. The van der Waals surface area contributed by atoms with E-state index in [1.165, 1.54) is 19.2 Å². The third kappa shape index (κ3) is 2.10. The summed E-state index contributed by atoms with van der Waals surface area (Å²) in [7, 11) is 1.46. The molecule has 0 aliphatic carbocycles. The Balaban J connectivity index is 2.68. The van der Waals surface area contributed by atoms with Gasteiger partial charge in [-0.3, -0.25) is 10.1 Å². The summed E-state index contributed by atoms with van der Waals surface area (Å²) in [5.74, 6) is 0.394. The number of non-ortho nitro benzene ring substituents is 1. The predicted octanol–water partition coefficient (Wildman–Crippen LogP) is 2.88. The molecular formula is C14H13N3O3. The average molecular weight is 271 g/mol. The minimum Gasteiger partial charge on any atom is -0.494 e. The third-order valence-electron chi connectivity index (χ3n) is 3.17. The Morgan fingerprint density at radius 1 is 1.35 bits per heavy atom. The van der Waals surface area contributed by atoms with E-state index in [0.717, 1.165) is 11.4 Å². The molecule has 0 spiro atoms. The minimum atomic E-state index is -0.470. The summed E-state index contributed by atoms with van der Waals surface area (Å²) in [5.41, 5.74) is 2.86. The number of nitriles is 1. The Morgan fingerprint density at radius 3 is 2.55 bits per heavy atom. The smallest absolute Gasteiger partial charge is 0.273 e. The monoisotopic (exact) mass is 271 g/mol. The van der Waals surface area contributed by atoms with Crippen molar-refractivity contribution in [2.24, 2.45) is 0 Å². The van der Waals surface area contributed by atoms with Gasteiger partial charge in [-0.15, -0.1) is 0 Å². The van der Waals surface area contributed by atoms with E-state index in [-0.39, 0.29) is 5.69 Å². The molecule has 0 radical (unpaired) electrons. The molecule has 2 aromatic rings. The Bertz CT molecular complexity index is 726. The van der Waals surface area contributed by atoms with Crippen molar-refractivity contribution in [2.45, 2.75) is 13.8 Å². The van der Waals surface area contributed by atoms with Gasteiger partial charge < -0.3 is 9.30 Å². The maximum absolute atomic E-state index is 10.8. The van der Waals surface area contributed by atoms with Crippen LogP contribution in [0.4, 0.5) is 5.69 Å². The standard InChI is InChI=1S/C14H13N3O3/c1-9-6-11(8-15)10(2)16(9)13-5-4-12(17(18)19)7-14(13)20-3/h4-7H,1-3H3. The first-order valence-corrected chi connectivity index (χ1v) is 5.91. The first kappa shape index (κ1) is 13.6. The van der Waals surface area contributed by atoms with E-state index < -0.39 is 4.92 Å². The number of nitro benzene ring substituents is 1. The van der Waals surface area contributed by atoms with Gasteiger partial charge in [0.2, 0.25) is 0 Å². The second kappa shape index (κ2) is 5.05. The van der Waals surface area contributed by atoms with E-state index in [2.05, 4.69) is 6.07 Å². The summed E-state index contributed by atoms with van der Waals surface area (Å²) in [6, 6.07) is 8.32. The van der Waals surface area contributed by atoms with E-state index >= 15 is 0 Å². The van der Waals surface area contributed by atoms with Gasteiger partial charge in [0.05, 0.1) is 29.4 Å². The molecule has 102 valence electrons. The zero-order valence-electron chi connectivity index (χ0n) is 11.4. The van der Waals surface area contributed by atoms with Gasteiger partial charge in [0.15, 0.2) is 0 Å². The van der Waals surface area contributed by atoms with Crippen LogP contribution in [0, 0.1) is 35.3 Å². The molecule has 6 nitrogen and oxygen atoms in total. The number of hydrogen-bond acceptors (Lipinski definition) is 4. The van der Waals surface area contributed by atoms with Crippen LogP contribution in [0.15, 0.2) is 24.3 Å². The first-order chi connectivity index (χ1) is 9.49. The van der Waals surface area contributed by atoms with Gasteiger partial charge in [0, 0.05) is 17.5 Å². The SMILES string of the molecule is COc1cc([N+](=O)[O-])ccc1-n1c(C)cc(C#N)c1C. The Hall–Kier alpha value is -2.81. The van der Waals surface area contributed by atoms with Crippen molar-refractivity contribution in [1.29, 1.82) is 5.26 Å². The van der Waals surface area contributed by atoms with Crippen LogP contribution < -0.4 is 4.74 Å². The molecule has 20 heavy (non-hydrogen) atoms. The molecule has 0 bridgehead atoms. The molecule has 0 fully saturated rings. The maximum atomic E-state index is 10.8.